The summed E-state index contributed by atoms with van der Waals surface area (Å²) in [7, 11) is 1.30. The summed E-state index contributed by atoms with van der Waals surface area (Å²) < 4.78 is 4.90. The summed E-state index contributed by atoms with van der Waals surface area (Å²) in [6.07, 6.45) is 2.80. The first-order valence-electron chi connectivity index (χ1n) is 2.87. The molecule has 0 aliphatic rings. The molecule has 0 saturated carbocycles. The molecule has 1 rings (SSSR count). The molecule has 0 radical (unpaired) electrons. The third-order valence-corrected chi connectivity index (χ3v) is 1.29. The van der Waals surface area contributed by atoms with Crippen molar-refractivity contribution in [3.8, 4) is 0 Å². The van der Waals surface area contributed by atoms with Gasteiger partial charge in [-0.25, -0.2) is 9.78 Å². The van der Waals surface area contributed by atoms with Gasteiger partial charge in [0.25, 0.3) is 0 Å². The maximum atomic E-state index is 10.8. The van der Waals surface area contributed by atoms with Gasteiger partial charge in [-0.2, -0.15) is 0 Å². The number of aromatic amines is 1. The van der Waals surface area contributed by atoms with Gasteiger partial charge in [0.2, 0.25) is 0 Å². The van der Waals surface area contributed by atoms with Crippen LogP contribution in [0.1, 0.15) is 10.5 Å². The SMILES string of the molecule is COC(=O)c1c[nH]c(=S)cn1. The number of nitrogens with one attached hydrogen (secondary N) is 1. The topological polar surface area (TPSA) is 55.0 Å². The lowest BCUT2D eigenvalue weighted by Crippen LogP contribution is -2.04. The Morgan fingerprint density at radius 1 is 1.82 bits per heavy atom. The molecule has 0 unspecified atom stereocenters. The molecule has 5 heteroatoms. The maximum Gasteiger partial charge on any atom is 0.358 e. The third-order valence-electron chi connectivity index (χ3n) is 1.07. The monoisotopic (exact) mass is 170 g/mol. The van der Waals surface area contributed by atoms with Crippen LogP contribution in [0.3, 0.4) is 0 Å². The Bertz CT molecular complexity index is 300. The molecule has 0 aliphatic carbocycles. The summed E-state index contributed by atoms with van der Waals surface area (Å²) in [4.78, 5) is 17.2. The number of esters is 1. The van der Waals surface area contributed by atoms with Gasteiger partial charge in [-0.05, 0) is 0 Å². The van der Waals surface area contributed by atoms with Crippen LogP contribution in [-0.2, 0) is 4.74 Å². The summed E-state index contributed by atoms with van der Waals surface area (Å²) in [5.74, 6) is -0.476. The van der Waals surface area contributed by atoms with Crippen molar-refractivity contribution in [3.63, 3.8) is 0 Å². The number of aromatic nitrogens is 2. The molecule has 0 amide bonds. The van der Waals surface area contributed by atoms with Gasteiger partial charge in [-0.1, -0.05) is 12.2 Å². The van der Waals surface area contributed by atoms with E-state index in [0.717, 1.165) is 0 Å². The predicted octanol–water partition coefficient (Wildman–Crippen LogP) is 0.926. The van der Waals surface area contributed by atoms with Crippen LogP contribution < -0.4 is 0 Å². The highest BCUT2D eigenvalue weighted by Crippen LogP contribution is 1.92. The summed E-state index contributed by atoms with van der Waals surface area (Å²) in [6.45, 7) is 0. The van der Waals surface area contributed by atoms with Crippen molar-refractivity contribution in [2.24, 2.45) is 0 Å². The molecule has 4 nitrogen and oxygen atoms in total. The number of methoxy groups -OCH3 is 1. The van der Waals surface area contributed by atoms with Gasteiger partial charge in [0.05, 0.1) is 13.3 Å². The number of hydrogen-bond acceptors (Lipinski definition) is 4. The lowest BCUT2D eigenvalue weighted by Gasteiger charge is -1.95. The fraction of sp³-hybridized carbons (Fsp3) is 0.167. The molecular formula is C6H6N2O2S. The zero-order chi connectivity index (χ0) is 8.27. The summed E-state index contributed by atoms with van der Waals surface area (Å²) in [5.41, 5.74) is 0.223. The smallest absolute Gasteiger partial charge is 0.358 e. The normalized spacial score (nSPS) is 9.18. The second-order valence-corrected chi connectivity index (χ2v) is 2.23. The number of ether oxygens (including phenoxy) is 1. The van der Waals surface area contributed by atoms with E-state index >= 15 is 0 Å². The Labute approximate surface area is 68.2 Å². The highest BCUT2D eigenvalue weighted by atomic mass is 32.1. The highest BCUT2D eigenvalue weighted by Gasteiger charge is 2.04. The van der Waals surface area contributed by atoms with E-state index in [1.165, 1.54) is 19.5 Å². The van der Waals surface area contributed by atoms with Crippen molar-refractivity contribution in [1.29, 1.82) is 0 Å². The lowest BCUT2D eigenvalue weighted by atomic mass is 10.5. The minimum Gasteiger partial charge on any atom is -0.464 e. The van der Waals surface area contributed by atoms with E-state index in [-0.39, 0.29) is 5.69 Å². The molecule has 0 atom stereocenters. The number of carbonyl (C=O) groups excluding carboxylic acids is 1. The average Bonchev–Trinajstić information content (AvgIpc) is 2.05. The minimum absolute atomic E-state index is 0.223. The minimum atomic E-state index is -0.476. The van der Waals surface area contributed by atoms with Crippen LogP contribution in [0.2, 0.25) is 0 Å². The van der Waals surface area contributed by atoms with Crippen LogP contribution in [0.5, 0.6) is 0 Å². The molecule has 58 valence electrons. The second kappa shape index (κ2) is 3.25. The van der Waals surface area contributed by atoms with Crippen LogP contribution in [0.4, 0.5) is 0 Å². The van der Waals surface area contributed by atoms with E-state index in [1.807, 2.05) is 0 Å². The van der Waals surface area contributed by atoms with Crippen molar-refractivity contribution in [2.45, 2.75) is 0 Å². The fourth-order valence-electron chi connectivity index (χ4n) is 0.558. The van der Waals surface area contributed by atoms with Crippen molar-refractivity contribution in [1.82, 2.24) is 9.97 Å². The Balaban J connectivity index is 2.99. The molecule has 0 aliphatic heterocycles. The number of hydrogen-bond donors (Lipinski definition) is 1. The van der Waals surface area contributed by atoms with E-state index in [0.29, 0.717) is 4.64 Å². The van der Waals surface area contributed by atoms with Crippen molar-refractivity contribution < 1.29 is 9.53 Å². The lowest BCUT2D eigenvalue weighted by molar-refractivity contribution is 0.0593. The van der Waals surface area contributed by atoms with E-state index in [1.54, 1.807) is 0 Å². The Hall–Kier alpha value is -1.23. The molecular weight excluding hydrogens is 164 g/mol. The van der Waals surface area contributed by atoms with Crippen LogP contribution in [0, 0.1) is 4.64 Å². The van der Waals surface area contributed by atoms with E-state index in [4.69, 9.17) is 12.2 Å². The third kappa shape index (κ3) is 1.84. The molecule has 1 aromatic heterocycles. The molecule has 0 fully saturated rings. The first-order valence-corrected chi connectivity index (χ1v) is 3.28. The number of carbonyl (C=O) groups is 1. The van der Waals surface area contributed by atoms with Crippen molar-refractivity contribution in [2.75, 3.05) is 7.11 Å². The second-order valence-electron chi connectivity index (χ2n) is 1.79. The highest BCUT2D eigenvalue weighted by molar-refractivity contribution is 7.71. The summed E-state index contributed by atoms with van der Waals surface area (Å²) in [6, 6.07) is 0. The Morgan fingerprint density at radius 2 is 2.55 bits per heavy atom. The van der Waals surface area contributed by atoms with Crippen molar-refractivity contribution in [3.05, 3.63) is 22.7 Å². The first kappa shape index (κ1) is 7.87. The number of H-pyrrole nitrogens is 1. The molecule has 0 saturated heterocycles. The fourth-order valence-corrected chi connectivity index (χ4v) is 0.670. The van der Waals surface area contributed by atoms with Gasteiger partial charge < -0.3 is 9.72 Å². The van der Waals surface area contributed by atoms with E-state index < -0.39 is 5.97 Å². The molecule has 1 aromatic rings. The van der Waals surface area contributed by atoms with E-state index in [9.17, 15) is 4.79 Å². The zero-order valence-corrected chi connectivity index (χ0v) is 6.64. The molecule has 0 aromatic carbocycles. The van der Waals surface area contributed by atoms with Crippen LogP contribution >= 0.6 is 12.2 Å². The quantitative estimate of drug-likeness (QED) is 0.503. The Kier molecular flexibility index (Phi) is 2.32. The summed E-state index contributed by atoms with van der Waals surface area (Å²) >= 11 is 4.72. The predicted molar refractivity (Wildman–Crippen MR) is 40.8 cm³/mol. The van der Waals surface area contributed by atoms with Gasteiger partial charge in [-0.3, -0.25) is 0 Å². The molecule has 1 N–H and O–H groups in total. The molecule has 0 spiro atoms. The van der Waals surface area contributed by atoms with Gasteiger partial charge in [0, 0.05) is 6.20 Å². The Morgan fingerprint density at radius 3 is 3.00 bits per heavy atom. The molecule has 1 heterocycles. The first-order chi connectivity index (χ1) is 5.24. The van der Waals surface area contributed by atoms with Crippen LogP contribution in [-0.4, -0.2) is 23.0 Å². The zero-order valence-electron chi connectivity index (χ0n) is 5.83. The van der Waals surface area contributed by atoms with E-state index in [2.05, 4.69) is 14.7 Å². The maximum absolute atomic E-state index is 10.8. The number of nitrogens with zero attached hydrogens (tertiary/aromatic N) is 1. The van der Waals surface area contributed by atoms with Gasteiger partial charge in [0.1, 0.15) is 4.64 Å². The van der Waals surface area contributed by atoms with Crippen LogP contribution in [0.25, 0.3) is 0 Å². The van der Waals surface area contributed by atoms with Gasteiger partial charge >= 0.3 is 5.97 Å². The summed E-state index contributed by atoms with van der Waals surface area (Å²) in [5, 5.41) is 0. The number of rotatable bonds is 1. The van der Waals surface area contributed by atoms with Gasteiger partial charge in [-0.15, -0.1) is 0 Å². The standard InChI is InChI=1S/C6H6N2O2S/c1-10-6(9)4-2-8-5(11)3-7-4/h2-3H,1H3,(H,8,11). The van der Waals surface area contributed by atoms with Crippen molar-refractivity contribution >= 4 is 18.2 Å². The largest absolute Gasteiger partial charge is 0.464 e. The van der Waals surface area contributed by atoms with Crippen LogP contribution in [0.15, 0.2) is 12.4 Å². The molecule has 0 bridgehead atoms. The average molecular weight is 170 g/mol. The van der Waals surface area contributed by atoms with Gasteiger partial charge in [0.15, 0.2) is 5.69 Å². The molecule has 11 heavy (non-hydrogen) atoms.